The van der Waals surface area contributed by atoms with Gasteiger partial charge in [-0.15, -0.1) is 0 Å². The molecule has 8 nitrogen and oxygen atoms in total. The summed E-state index contributed by atoms with van der Waals surface area (Å²) in [6.45, 7) is -0.344. The van der Waals surface area contributed by atoms with Gasteiger partial charge < -0.3 is 14.8 Å². The highest BCUT2D eigenvalue weighted by Gasteiger charge is 2.19. The van der Waals surface area contributed by atoms with E-state index in [0.717, 1.165) is 11.6 Å². The van der Waals surface area contributed by atoms with Crippen molar-refractivity contribution in [3.05, 3.63) is 58.6 Å². The summed E-state index contributed by atoms with van der Waals surface area (Å²) >= 11 is 5.86. The number of sulfonamides is 1. The van der Waals surface area contributed by atoms with E-state index in [1.165, 1.54) is 19.2 Å². The number of carbonyl (C=O) groups is 2. The molecule has 0 aliphatic heterocycles. The van der Waals surface area contributed by atoms with E-state index in [1.54, 1.807) is 24.3 Å². The van der Waals surface area contributed by atoms with Gasteiger partial charge in [0.2, 0.25) is 10.0 Å². The fraction of sp³-hybridized carbons (Fsp3) is 0.176. The maximum atomic E-state index is 12.2. The third-order valence-corrected chi connectivity index (χ3v) is 4.58. The molecule has 0 aliphatic carbocycles. The molecule has 2 aromatic carbocycles. The zero-order valence-electron chi connectivity index (χ0n) is 14.3. The predicted molar refractivity (Wildman–Crippen MR) is 97.9 cm³/mol. The molecule has 0 unspecified atom stereocenters. The van der Waals surface area contributed by atoms with Crippen molar-refractivity contribution in [3.63, 3.8) is 0 Å². The van der Waals surface area contributed by atoms with E-state index < -0.39 is 28.5 Å². The van der Waals surface area contributed by atoms with Crippen molar-refractivity contribution in [1.29, 1.82) is 0 Å². The highest BCUT2D eigenvalue weighted by Crippen LogP contribution is 2.22. The zero-order valence-corrected chi connectivity index (χ0v) is 15.8. The monoisotopic (exact) mass is 412 g/mol. The Kier molecular flexibility index (Phi) is 6.78. The topological polar surface area (TPSA) is 125 Å². The number of esters is 1. The van der Waals surface area contributed by atoms with Crippen LogP contribution in [0.5, 0.6) is 5.75 Å². The Morgan fingerprint density at radius 3 is 2.56 bits per heavy atom. The van der Waals surface area contributed by atoms with E-state index >= 15 is 0 Å². The van der Waals surface area contributed by atoms with E-state index in [2.05, 4.69) is 5.32 Å². The Morgan fingerprint density at radius 1 is 1.19 bits per heavy atom. The number of benzene rings is 2. The molecule has 2 aromatic rings. The van der Waals surface area contributed by atoms with Gasteiger partial charge in [0, 0.05) is 11.6 Å². The van der Waals surface area contributed by atoms with Gasteiger partial charge in [-0.2, -0.15) is 0 Å². The van der Waals surface area contributed by atoms with Crippen LogP contribution in [-0.4, -0.2) is 34.0 Å². The molecule has 144 valence electrons. The summed E-state index contributed by atoms with van der Waals surface area (Å²) in [5.41, 5.74) is 0.622. The van der Waals surface area contributed by atoms with Crippen molar-refractivity contribution in [2.75, 3.05) is 13.7 Å². The fourth-order valence-corrected chi connectivity index (χ4v) is 2.88. The number of methoxy groups -OCH3 is 1. The number of rotatable bonds is 7. The summed E-state index contributed by atoms with van der Waals surface area (Å²) in [5.74, 6) is -1.37. The molecule has 0 bridgehead atoms. The van der Waals surface area contributed by atoms with Crippen molar-refractivity contribution in [2.45, 2.75) is 11.4 Å². The van der Waals surface area contributed by atoms with Gasteiger partial charge in [-0.05, 0) is 35.9 Å². The van der Waals surface area contributed by atoms with Crippen LogP contribution in [0.1, 0.15) is 15.9 Å². The van der Waals surface area contributed by atoms with E-state index in [-0.39, 0.29) is 22.8 Å². The summed E-state index contributed by atoms with van der Waals surface area (Å²) in [5, 5.41) is 8.16. The maximum Gasteiger partial charge on any atom is 0.342 e. The third-order valence-electron chi connectivity index (χ3n) is 3.43. The minimum absolute atomic E-state index is 0.0896. The Morgan fingerprint density at radius 2 is 1.93 bits per heavy atom. The number of nitrogens with one attached hydrogen (secondary N) is 1. The number of hydrogen-bond donors (Lipinski definition) is 2. The third kappa shape index (κ3) is 5.95. The summed E-state index contributed by atoms with van der Waals surface area (Å²) in [6.07, 6.45) is 0. The van der Waals surface area contributed by atoms with Crippen LogP contribution in [0.3, 0.4) is 0 Å². The van der Waals surface area contributed by atoms with Crippen LogP contribution in [0.2, 0.25) is 5.02 Å². The van der Waals surface area contributed by atoms with Gasteiger partial charge in [-0.25, -0.2) is 18.4 Å². The van der Waals surface area contributed by atoms with Gasteiger partial charge in [0.25, 0.3) is 5.91 Å². The molecule has 0 fully saturated rings. The Hall–Kier alpha value is -2.62. The SMILES string of the molecule is COc1ccc(S(N)(=O)=O)cc1C(=O)OCC(=O)NCc1cccc(Cl)c1. The maximum absolute atomic E-state index is 12.2. The van der Waals surface area contributed by atoms with Crippen LogP contribution in [0.4, 0.5) is 0 Å². The summed E-state index contributed by atoms with van der Waals surface area (Å²) < 4.78 is 32.8. The van der Waals surface area contributed by atoms with Crippen molar-refractivity contribution >= 4 is 33.5 Å². The van der Waals surface area contributed by atoms with Crippen LogP contribution in [0.25, 0.3) is 0 Å². The number of nitrogens with two attached hydrogens (primary N) is 1. The lowest BCUT2D eigenvalue weighted by molar-refractivity contribution is -0.124. The largest absolute Gasteiger partial charge is 0.496 e. The lowest BCUT2D eigenvalue weighted by atomic mass is 10.2. The molecule has 10 heteroatoms. The van der Waals surface area contributed by atoms with E-state index in [0.29, 0.717) is 5.02 Å². The zero-order chi connectivity index (χ0) is 20.0. The van der Waals surface area contributed by atoms with Crippen molar-refractivity contribution in [3.8, 4) is 5.75 Å². The number of hydrogen-bond acceptors (Lipinski definition) is 6. The Bertz CT molecular complexity index is 962. The van der Waals surface area contributed by atoms with Gasteiger partial charge in [0.1, 0.15) is 11.3 Å². The molecular formula is C17H17ClN2O6S. The van der Waals surface area contributed by atoms with Gasteiger partial charge in [-0.3, -0.25) is 4.79 Å². The first-order valence-corrected chi connectivity index (χ1v) is 9.52. The summed E-state index contributed by atoms with van der Waals surface area (Å²) in [7, 11) is -2.71. The second-order valence-electron chi connectivity index (χ2n) is 5.39. The van der Waals surface area contributed by atoms with Crippen molar-refractivity contribution in [2.24, 2.45) is 5.14 Å². The molecule has 0 saturated carbocycles. The van der Waals surface area contributed by atoms with Crippen LogP contribution in [-0.2, 0) is 26.1 Å². The standard InChI is InChI=1S/C17H17ClN2O6S/c1-25-15-6-5-13(27(19,23)24)8-14(15)17(22)26-10-16(21)20-9-11-3-2-4-12(18)7-11/h2-8H,9-10H2,1H3,(H,20,21)(H2,19,23,24). The molecule has 3 N–H and O–H groups in total. The number of ether oxygens (including phenoxy) is 2. The van der Waals surface area contributed by atoms with E-state index in [4.69, 9.17) is 26.2 Å². The second-order valence-corrected chi connectivity index (χ2v) is 7.39. The van der Waals surface area contributed by atoms with Gasteiger partial charge in [-0.1, -0.05) is 23.7 Å². The molecule has 2 rings (SSSR count). The lowest BCUT2D eigenvalue weighted by Crippen LogP contribution is -2.28. The molecule has 0 aliphatic rings. The van der Waals surface area contributed by atoms with Gasteiger partial charge in [0.15, 0.2) is 6.61 Å². The molecule has 0 heterocycles. The number of carbonyl (C=O) groups excluding carboxylic acids is 2. The van der Waals surface area contributed by atoms with Crippen molar-refractivity contribution < 1.29 is 27.5 Å². The number of primary sulfonamides is 1. The van der Waals surface area contributed by atoms with Gasteiger partial charge >= 0.3 is 5.97 Å². The first-order chi connectivity index (χ1) is 12.7. The predicted octanol–water partition coefficient (Wildman–Crippen LogP) is 1.47. The molecule has 0 spiro atoms. The first-order valence-electron chi connectivity index (χ1n) is 7.60. The molecular weight excluding hydrogens is 396 g/mol. The number of halogens is 1. The van der Waals surface area contributed by atoms with Crippen molar-refractivity contribution in [1.82, 2.24) is 5.32 Å². The number of amides is 1. The van der Waals surface area contributed by atoms with Crippen LogP contribution >= 0.6 is 11.6 Å². The van der Waals surface area contributed by atoms with Crippen LogP contribution in [0, 0.1) is 0 Å². The van der Waals surface area contributed by atoms with Gasteiger partial charge in [0.05, 0.1) is 12.0 Å². The van der Waals surface area contributed by atoms with E-state index in [9.17, 15) is 18.0 Å². The van der Waals surface area contributed by atoms with Crippen LogP contribution in [0.15, 0.2) is 47.4 Å². The smallest absolute Gasteiger partial charge is 0.342 e. The Labute approximate surface area is 161 Å². The highest BCUT2D eigenvalue weighted by molar-refractivity contribution is 7.89. The average Bonchev–Trinajstić information content (AvgIpc) is 2.63. The highest BCUT2D eigenvalue weighted by atomic mass is 35.5. The Balaban J connectivity index is 1.99. The molecule has 1 amide bonds. The molecule has 0 atom stereocenters. The molecule has 0 aromatic heterocycles. The van der Waals surface area contributed by atoms with E-state index in [1.807, 2.05) is 0 Å². The van der Waals surface area contributed by atoms with Crippen LogP contribution < -0.4 is 15.2 Å². The average molecular weight is 413 g/mol. The molecule has 0 radical (unpaired) electrons. The first kappa shape index (κ1) is 20.7. The molecule has 27 heavy (non-hydrogen) atoms. The minimum atomic E-state index is -4.01. The summed E-state index contributed by atoms with van der Waals surface area (Å²) in [6, 6.07) is 10.4. The second kappa shape index (κ2) is 8.85. The molecule has 0 saturated heterocycles. The minimum Gasteiger partial charge on any atom is -0.496 e. The quantitative estimate of drug-likeness (QED) is 0.663. The summed E-state index contributed by atoms with van der Waals surface area (Å²) in [4.78, 5) is 23.8. The fourth-order valence-electron chi connectivity index (χ4n) is 2.13. The normalized spacial score (nSPS) is 10.9. The lowest BCUT2D eigenvalue weighted by Gasteiger charge is -2.10.